The maximum Gasteiger partial charge on any atom is 0.315 e. The number of hydrogen-bond acceptors (Lipinski definition) is 3. The molecule has 1 rings (SSSR count). The van der Waals surface area contributed by atoms with Gasteiger partial charge in [0, 0.05) is 18.6 Å². The van der Waals surface area contributed by atoms with Crippen molar-refractivity contribution in [3.63, 3.8) is 0 Å². The van der Waals surface area contributed by atoms with Crippen LogP contribution in [0.3, 0.4) is 0 Å². The van der Waals surface area contributed by atoms with Crippen LogP contribution in [0, 0.1) is 0 Å². The summed E-state index contributed by atoms with van der Waals surface area (Å²) in [4.78, 5) is 21.0. The molecule has 0 saturated carbocycles. The molecule has 80 valence electrons. The lowest BCUT2D eigenvalue weighted by Crippen LogP contribution is -2.49. The van der Waals surface area contributed by atoms with Crippen molar-refractivity contribution in [2.75, 3.05) is 6.54 Å². The Labute approximate surface area is 82.9 Å². The number of nitrogens with one attached hydrogen (secondary N) is 2. The largest absolute Gasteiger partial charge is 0.550 e. The Morgan fingerprint density at radius 2 is 2.29 bits per heavy atom. The fraction of sp³-hybridized carbons (Fsp3) is 0.778. The average Bonchev–Trinajstić information content (AvgIpc) is 2.12. The van der Waals surface area contributed by atoms with Crippen molar-refractivity contribution >= 4 is 12.0 Å². The molecule has 1 aliphatic heterocycles. The van der Waals surface area contributed by atoms with E-state index in [9.17, 15) is 14.7 Å². The standard InChI is InChI=1S/C9H16N2O3/c12-8(13)4-2-1-3-7-5-6-10-9(14)11-7/h7H,1-6H2,(H,12,13)(H2,10,11,14)/p-1/t7-/m0/s1. The van der Waals surface area contributed by atoms with Crippen LogP contribution in [0.2, 0.25) is 0 Å². The molecule has 1 atom stereocenters. The fourth-order valence-electron chi connectivity index (χ4n) is 1.55. The molecule has 0 radical (unpaired) electrons. The third-order valence-corrected chi connectivity index (χ3v) is 2.30. The van der Waals surface area contributed by atoms with Gasteiger partial charge < -0.3 is 20.5 Å². The van der Waals surface area contributed by atoms with E-state index in [-0.39, 0.29) is 18.5 Å². The van der Waals surface area contributed by atoms with Crippen molar-refractivity contribution in [3.05, 3.63) is 0 Å². The second-order valence-corrected chi connectivity index (χ2v) is 3.50. The number of hydrogen-bond donors (Lipinski definition) is 2. The molecule has 1 heterocycles. The molecule has 0 aliphatic carbocycles. The summed E-state index contributed by atoms with van der Waals surface area (Å²) >= 11 is 0. The van der Waals surface area contributed by atoms with E-state index < -0.39 is 5.97 Å². The number of carbonyl (C=O) groups is 2. The van der Waals surface area contributed by atoms with E-state index in [1.807, 2.05) is 0 Å². The lowest BCUT2D eigenvalue weighted by molar-refractivity contribution is -0.305. The van der Waals surface area contributed by atoms with Gasteiger partial charge in [0.05, 0.1) is 0 Å². The number of urea groups is 1. The molecule has 0 aromatic rings. The van der Waals surface area contributed by atoms with E-state index in [0.717, 1.165) is 19.3 Å². The summed E-state index contributed by atoms with van der Waals surface area (Å²) in [5.74, 6) is -1.00. The van der Waals surface area contributed by atoms with Crippen LogP contribution in [0.5, 0.6) is 0 Å². The second-order valence-electron chi connectivity index (χ2n) is 3.50. The number of rotatable bonds is 5. The monoisotopic (exact) mass is 199 g/mol. The predicted molar refractivity (Wildman–Crippen MR) is 48.4 cm³/mol. The maximum atomic E-state index is 10.9. The van der Waals surface area contributed by atoms with Gasteiger partial charge in [-0.2, -0.15) is 0 Å². The number of amides is 2. The summed E-state index contributed by atoms with van der Waals surface area (Å²) in [6.45, 7) is 0.705. The van der Waals surface area contributed by atoms with Gasteiger partial charge in [0.25, 0.3) is 0 Å². The minimum atomic E-state index is -1.00. The first-order valence-corrected chi connectivity index (χ1v) is 4.92. The zero-order valence-corrected chi connectivity index (χ0v) is 8.04. The normalized spacial score (nSPS) is 21.1. The van der Waals surface area contributed by atoms with Crippen molar-refractivity contribution < 1.29 is 14.7 Å². The lowest BCUT2D eigenvalue weighted by Gasteiger charge is -2.24. The van der Waals surface area contributed by atoms with Gasteiger partial charge in [0.15, 0.2) is 0 Å². The van der Waals surface area contributed by atoms with E-state index in [4.69, 9.17) is 0 Å². The van der Waals surface area contributed by atoms with E-state index in [1.54, 1.807) is 0 Å². The number of carboxylic acid groups (broad SMARTS) is 1. The molecule has 0 aromatic carbocycles. The summed E-state index contributed by atoms with van der Waals surface area (Å²) in [7, 11) is 0. The highest BCUT2D eigenvalue weighted by Crippen LogP contribution is 2.07. The van der Waals surface area contributed by atoms with Gasteiger partial charge in [-0.05, 0) is 25.7 Å². The zero-order valence-electron chi connectivity index (χ0n) is 8.04. The molecule has 1 saturated heterocycles. The minimum Gasteiger partial charge on any atom is -0.550 e. The smallest absolute Gasteiger partial charge is 0.315 e. The van der Waals surface area contributed by atoms with Gasteiger partial charge >= 0.3 is 6.03 Å². The minimum absolute atomic E-state index is 0.110. The molecule has 0 spiro atoms. The number of carbonyl (C=O) groups excluding carboxylic acids is 2. The molecule has 5 heteroatoms. The summed E-state index contributed by atoms with van der Waals surface area (Å²) in [6, 6.07) is 0.0756. The van der Waals surface area contributed by atoms with Gasteiger partial charge in [-0.3, -0.25) is 0 Å². The number of aliphatic carboxylic acids is 1. The van der Waals surface area contributed by atoms with Crippen molar-refractivity contribution in [3.8, 4) is 0 Å². The molecular weight excluding hydrogens is 184 g/mol. The number of carboxylic acids is 1. The third-order valence-electron chi connectivity index (χ3n) is 2.30. The van der Waals surface area contributed by atoms with Crippen molar-refractivity contribution in [2.24, 2.45) is 0 Å². The van der Waals surface area contributed by atoms with Gasteiger partial charge in [-0.25, -0.2) is 4.79 Å². The van der Waals surface area contributed by atoms with Crippen LogP contribution >= 0.6 is 0 Å². The highest BCUT2D eigenvalue weighted by Gasteiger charge is 2.16. The highest BCUT2D eigenvalue weighted by atomic mass is 16.4. The van der Waals surface area contributed by atoms with E-state index in [1.165, 1.54) is 0 Å². The van der Waals surface area contributed by atoms with Crippen molar-refractivity contribution in [2.45, 2.75) is 38.1 Å². The first-order chi connectivity index (χ1) is 6.68. The van der Waals surface area contributed by atoms with E-state index in [2.05, 4.69) is 10.6 Å². The first kappa shape index (κ1) is 10.8. The Bertz CT molecular complexity index is 218. The van der Waals surface area contributed by atoms with E-state index in [0.29, 0.717) is 13.0 Å². The van der Waals surface area contributed by atoms with Gasteiger partial charge in [0.2, 0.25) is 0 Å². The molecule has 1 fully saturated rings. The maximum absolute atomic E-state index is 10.9. The molecule has 2 amide bonds. The van der Waals surface area contributed by atoms with Crippen LogP contribution in [0.4, 0.5) is 4.79 Å². The SMILES string of the molecule is O=C([O-])CCCC[C@H]1CCNC(=O)N1. The Hall–Kier alpha value is -1.26. The molecule has 2 N–H and O–H groups in total. The van der Waals surface area contributed by atoms with Crippen LogP contribution in [0.1, 0.15) is 32.1 Å². The Balaban J connectivity index is 2.06. The summed E-state index contributed by atoms with van der Waals surface area (Å²) in [6.07, 6.45) is 3.32. The second kappa shape index (κ2) is 5.47. The van der Waals surface area contributed by atoms with Crippen molar-refractivity contribution in [1.29, 1.82) is 0 Å². The van der Waals surface area contributed by atoms with Crippen molar-refractivity contribution in [1.82, 2.24) is 10.6 Å². The van der Waals surface area contributed by atoms with Crippen LogP contribution < -0.4 is 15.7 Å². The van der Waals surface area contributed by atoms with Crippen LogP contribution in [-0.2, 0) is 4.79 Å². The lowest BCUT2D eigenvalue weighted by atomic mass is 10.0. The topological polar surface area (TPSA) is 81.3 Å². The quantitative estimate of drug-likeness (QED) is 0.578. The molecular formula is C9H15N2O3-. The molecule has 5 nitrogen and oxygen atoms in total. The molecule has 0 bridgehead atoms. The fourth-order valence-corrected chi connectivity index (χ4v) is 1.55. The predicted octanol–water partition coefficient (Wildman–Crippen LogP) is -0.632. The van der Waals surface area contributed by atoms with Gasteiger partial charge in [-0.1, -0.05) is 6.42 Å². The highest BCUT2D eigenvalue weighted by molar-refractivity contribution is 5.74. The molecule has 0 aromatic heterocycles. The molecule has 0 unspecified atom stereocenters. The summed E-state index contributed by atoms with van der Waals surface area (Å²) < 4.78 is 0. The Morgan fingerprint density at radius 3 is 2.93 bits per heavy atom. The van der Waals surface area contributed by atoms with Crippen LogP contribution in [0.15, 0.2) is 0 Å². The molecule has 1 aliphatic rings. The first-order valence-electron chi connectivity index (χ1n) is 4.92. The third kappa shape index (κ3) is 4.11. The van der Waals surface area contributed by atoms with E-state index >= 15 is 0 Å². The summed E-state index contributed by atoms with van der Waals surface area (Å²) in [5, 5.41) is 15.6. The number of unbranched alkanes of at least 4 members (excludes halogenated alkanes) is 1. The Kier molecular flexibility index (Phi) is 4.22. The van der Waals surface area contributed by atoms with Crippen LogP contribution in [-0.4, -0.2) is 24.6 Å². The average molecular weight is 199 g/mol. The van der Waals surface area contributed by atoms with Crippen LogP contribution in [0.25, 0.3) is 0 Å². The summed E-state index contributed by atoms with van der Waals surface area (Å²) in [5.41, 5.74) is 0. The van der Waals surface area contributed by atoms with Gasteiger partial charge in [0.1, 0.15) is 0 Å². The zero-order chi connectivity index (χ0) is 10.4. The molecule has 14 heavy (non-hydrogen) atoms. The Morgan fingerprint density at radius 1 is 1.50 bits per heavy atom. The van der Waals surface area contributed by atoms with Gasteiger partial charge in [-0.15, -0.1) is 0 Å².